The number of nitrogens with zero attached hydrogens (tertiary/aromatic N) is 2. The molecule has 0 aliphatic rings. The van der Waals surface area contributed by atoms with E-state index >= 15 is 0 Å². The largest absolute Gasteiger partial charge is 0.324 e. The number of halogens is 1. The van der Waals surface area contributed by atoms with Gasteiger partial charge in [0.25, 0.3) is 0 Å². The molecule has 5 heteroatoms. The number of hydrogen-bond acceptors (Lipinski definition) is 4. The van der Waals surface area contributed by atoms with Gasteiger partial charge < -0.3 is 5.73 Å². The van der Waals surface area contributed by atoms with Crippen molar-refractivity contribution in [3.63, 3.8) is 0 Å². The Labute approximate surface area is 132 Å². The molecule has 1 aromatic heterocycles. The van der Waals surface area contributed by atoms with Crippen molar-refractivity contribution in [2.45, 2.75) is 43.8 Å². The van der Waals surface area contributed by atoms with Crippen LogP contribution in [0.3, 0.4) is 0 Å². The zero-order valence-electron chi connectivity index (χ0n) is 12.1. The van der Waals surface area contributed by atoms with Gasteiger partial charge in [0.05, 0.1) is 0 Å². The van der Waals surface area contributed by atoms with Crippen molar-refractivity contribution in [1.29, 1.82) is 0 Å². The van der Waals surface area contributed by atoms with Gasteiger partial charge in [0, 0.05) is 26.8 Å². The normalized spacial score (nSPS) is 12.5. The molecule has 2 N–H and O–H groups in total. The van der Waals surface area contributed by atoms with E-state index in [1.54, 1.807) is 11.8 Å². The molecule has 2 aromatic rings. The van der Waals surface area contributed by atoms with E-state index in [0.29, 0.717) is 0 Å². The zero-order valence-corrected chi connectivity index (χ0v) is 14.5. The Morgan fingerprint density at radius 3 is 2.25 bits per heavy atom. The summed E-state index contributed by atoms with van der Waals surface area (Å²) in [6, 6.07) is 6.19. The van der Waals surface area contributed by atoms with Crippen LogP contribution in [0.25, 0.3) is 0 Å². The summed E-state index contributed by atoms with van der Waals surface area (Å²) >= 11 is 5.13. The lowest BCUT2D eigenvalue weighted by Gasteiger charge is -2.10. The van der Waals surface area contributed by atoms with Crippen LogP contribution in [0.1, 0.15) is 35.5 Å². The van der Waals surface area contributed by atoms with Crippen LogP contribution in [0.4, 0.5) is 0 Å². The van der Waals surface area contributed by atoms with Crippen LogP contribution in [0.5, 0.6) is 0 Å². The van der Waals surface area contributed by atoms with E-state index in [1.807, 2.05) is 33.8 Å². The number of benzene rings is 1. The first-order valence-electron chi connectivity index (χ1n) is 6.43. The fraction of sp³-hybridized carbons (Fsp3) is 0.333. The SMILES string of the molecule is Cc1nc(Sc2ccc([C@H](C)N)c(Br)c2)nc(C)c1C. The highest BCUT2D eigenvalue weighted by molar-refractivity contribution is 9.10. The first kappa shape index (κ1) is 15.5. The average Bonchev–Trinajstić information content (AvgIpc) is 2.35. The Kier molecular flexibility index (Phi) is 4.83. The van der Waals surface area contributed by atoms with E-state index in [-0.39, 0.29) is 6.04 Å². The van der Waals surface area contributed by atoms with Gasteiger partial charge in [-0.05, 0) is 62.7 Å². The molecule has 2 rings (SSSR count). The second-order valence-electron chi connectivity index (χ2n) is 4.88. The molecule has 0 saturated heterocycles. The minimum absolute atomic E-state index is 0.0172. The summed E-state index contributed by atoms with van der Waals surface area (Å²) in [5, 5.41) is 0.783. The van der Waals surface area contributed by atoms with Crippen molar-refractivity contribution in [3.8, 4) is 0 Å². The summed E-state index contributed by atoms with van der Waals surface area (Å²) in [4.78, 5) is 10.2. The van der Waals surface area contributed by atoms with E-state index in [4.69, 9.17) is 5.73 Å². The maximum atomic E-state index is 5.91. The molecule has 0 aliphatic heterocycles. The third-order valence-electron chi connectivity index (χ3n) is 3.28. The Balaban J connectivity index is 2.29. The maximum Gasteiger partial charge on any atom is 0.192 e. The highest BCUT2D eigenvalue weighted by Crippen LogP contribution is 2.31. The van der Waals surface area contributed by atoms with Gasteiger partial charge in [-0.2, -0.15) is 0 Å². The molecular formula is C15H18BrN3S. The van der Waals surface area contributed by atoms with E-state index in [0.717, 1.165) is 37.0 Å². The molecule has 0 unspecified atom stereocenters. The second-order valence-corrected chi connectivity index (χ2v) is 6.77. The van der Waals surface area contributed by atoms with Gasteiger partial charge in [0.1, 0.15) is 0 Å². The predicted molar refractivity (Wildman–Crippen MR) is 87.1 cm³/mol. The number of hydrogen-bond donors (Lipinski definition) is 1. The fourth-order valence-corrected chi connectivity index (χ4v) is 3.61. The summed E-state index contributed by atoms with van der Waals surface area (Å²) in [5.74, 6) is 0. The van der Waals surface area contributed by atoms with Crippen LogP contribution in [0, 0.1) is 20.8 Å². The summed E-state index contributed by atoms with van der Waals surface area (Å²) in [6.07, 6.45) is 0. The lowest BCUT2D eigenvalue weighted by Crippen LogP contribution is -2.05. The Bertz CT molecular complexity index is 618. The molecule has 0 aliphatic carbocycles. The van der Waals surface area contributed by atoms with E-state index in [9.17, 15) is 0 Å². The summed E-state index contributed by atoms with van der Waals surface area (Å²) < 4.78 is 1.03. The van der Waals surface area contributed by atoms with Gasteiger partial charge >= 0.3 is 0 Å². The average molecular weight is 352 g/mol. The quantitative estimate of drug-likeness (QED) is 0.835. The van der Waals surface area contributed by atoms with Crippen LogP contribution in [0.2, 0.25) is 0 Å². The molecule has 0 fully saturated rings. The molecule has 1 aromatic carbocycles. The number of aromatic nitrogens is 2. The zero-order chi connectivity index (χ0) is 14.9. The minimum atomic E-state index is 0.0172. The monoisotopic (exact) mass is 351 g/mol. The second kappa shape index (κ2) is 6.24. The predicted octanol–water partition coefficient (Wildman–Crippen LogP) is 4.34. The number of aryl methyl sites for hydroxylation is 2. The van der Waals surface area contributed by atoms with E-state index in [1.165, 1.54) is 0 Å². The van der Waals surface area contributed by atoms with Crippen LogP contribution in [-0.4, -0.2) is 9.97 Å². The standard InChI is InChI=1S/C15H18BrN3S/c1-8-10(3)18-15(19-11(8)4)20-12-5-6-13(9(2)17)14(16)7-12/h5-7,9H,17H2,1-4H3/t9-/m0/s1. The van der Waals surface area contributed by atoms with Crippen LogP contribution < -0.4 is 5.73 Å². The molecule has 0 bridgehead atoms. The van der Waals surface area contributed by atoms with Crippen molar-refractivity contribution >= 4 is 27.7 Å². The topological polar surface area (TPSA) is 51.8 Å². The fourth-order valence-electron chi connectivity index (χ4n) is 1.83. The highest BCUT2D eigenvalue weighted by atomic mass is 79.9. The Morgan fingerprint density at radius 1 is 1.15 bits per heavy atom. The van der Waals surface area contributed by atoms with Crippen molar-refractivity contribution < 1.29 is 0 Å². The van der Waals surface area contributed by atoms with Gasteiger partial charge in [-0.25, -0.2) is 9.97 Å². The molecule has 20 heavy (non-hydrogen) atoms. The minimum Gasteiger partial charge on any atom is -0.324 e. The molecule has 0 radical (unpaired) electrons. The molecule has 3 nitrogen and oxygen atoms in total. The van der Waals surface area contributed by atoms with Crippen molar-refractivity contribution in [1.82, 2.24) is 9.97 Å². The Hall–Kier alpha value is -0.910. The number of nitrogens with two attached hydrogens (primary N) is 1. The van der Waals surface area contributed by atoms with Crippen LogP contribution in [0.15, 0.2) is 32.7 Å². The molecule has 1 heterocycles. The van der Waals surface area contributed by atoms with Gasteiger partial charge in [-0.3, -0.25) is 0 Å². The van der Waals surface area contributed by atoms with Gasteiger partial charge in [0.15, 0.2) is 5.16 Å². The van der Waals surface area contributed by atoms with Crippen molar-refractivity contribution in [2.24, 2.45) is 5.73 Å². The summed E-state index contributed by atoms with van der Waals surface area (Å²) in [6.45, 7) is 8.06. The van der Waals surface area contributed by atoms with Crippen LogP contribution >= 0.6 is 27.7 Å². The number of rotatable bonds is 3. The third-order valence-corrected chi connectivity index (χ3v) is 4.83. The van der Waals surface area contributed by atoms with E-state index < -0.39 is 0 Å². The molecule has 0 amide bonds. The highest BCUT2D eigenvalue weighted by Gasteiger charge is 2.09. The summed E-state index contributed by atoms with van der Waals surface area (Å²) in [5.41, 5.74) is 10.2. The smallest absolute Gasteiger partial charge is 0.192 e. The first-order chi connectivity index (χ1) is 9.38. The molecule has 1 atom stereocenters. The summed E-state index contributed by atoms with van der Waals surface area (Å²) in [7, 11) is 0. The van der Waals surface area contributed by atoms with Crippen molar-refractivity contribution in [3.05, 3.63) is 45.2 Å². The van der Waals surface area contributed by atoms with Gasteiger partial charge in [-0.1, -0.05) is 22.0 Å². The Morgan fingerprint density at radius 2 is 1.75 bits per heavy atom. The van der Waals surface area contributed by atoms with Crippen molar-refractivity contribution in [2.75, 3.05) is 0 Å². The van der Waals surface area contributed by atoms with Gasteiger partial charge in [0.2, 0.25) is 0 Å². The molecule has 0 saturated carbocycles. The molecule has 0 spiro atoms. The lowest BCUT2D eigenvalue weighted by atomic mass is 10.1. The first-order valence-corrected chi connectivity index (χ1v) is 8.04. The maximum absolute atomic E-state index is 5.91. The third kappa shape index (κ3) is 3.40. The molecular weight excluding hydrogens is 334 g/mol. The van der Waals surface area contributed by atoms with Gasteiger partial charge in [-0.15, -0.1) is 0 Å². The molecule has 106 valence electrons. The van der Waals surface area contributed by atoms with Crippen LogP contribution in [-0.2, 0) is 0 Å². The lowest BCUT2D eigenvalue weighted by molar-refractivity contribution is 0.811. The van der Waals surface area contributed by atoms with E-state index in [2.05, 4.69) is 38.0 Å².